The van der Waals surface area contributed by atoms with E-state index in [1.165, 1.54) is 12.3 Å². The van der Waals surface area contributed by atoms with Crippen molar-refractivity contribution < 1.29 is 13.5 Å². The highest BCUT2D eigenvalue weighted by atomic mass is 19.3. The molecule has 7 nitrogen and oxygen atoms in total. The molecule has 0 bridgehead atoms. The molecule has 2 aliphatic heterocycles. The van der Waals surface area contributed by atoms with Crippen LogP contribution in [0.15, 0.2) is 35.3 Å². The molecule has 3 aromatic rings. The van der Waals surface area contributed by atoms with Gasteiger partial charge in [-0.25, -0.2) is 13.8 Å². The predicted molar refractivity (Wildman–Crippen MR) is 142 cm³/mol. The summed E-state index contributed by atoms with van der Waals surface area (Å²) in [4.78, 5) is 20.0. The fourth-order valence-corrected chi connectivity index (χ4v) is 5.54. The molecule has 0 aliphatic carbocycles. The van der Waals surface area contributed by atoms with Gasteiger partial charge in [-0.1, -0.05) is 0 Å². The molecule has 0 spiro atoms. The lowest BCUT2D eigenvalue weighted by molar-refractivity contribution is 0.0845. The Balaban J connectivity index is 1.76. The molecule has 194 valence electrons. The number of aryl methyl sites for hydroxylation is 3. The van der Waals surface area contributed by atoms with Gasteiger partial charge in [0, 0.05) is 78.6 Å². The van der Waals surface area contributed by atoms with Crippen LogP contribution in [0.5, 0.6) is 0 Å². The lowest BCUT2D eigenvalue weighted by atomic mass is 9.92. The van der Waals surface area contributed by atoms with Crippen LogP contribution in [0.1, 0.15) is 59.6 Å². The maximum absolute atomic E-state index is 14.2. The van der Waals surface area contributed by atoms with Crippen LogP contribution in [0.4, 0.5) is 20.3 Å². The molecule has 0 amide bonds. The molecule has 2 aliphatic rings. The number of hydrogen-bond acceptors (Lipinski definition) is 6. The van der Waals surface area contributed by atoms with Crippen LogP contribution in [-0.4, -0.2) is 35.5 Å². The molecule has 1 saturated heterocycles. The number of hydrogen-bond donors (Lipinski definition) is 2. The smallest absolute Gasteiger partial charge is 0.264 e. The molecule has 0 radical (unpaired) electrons. The highest BCUT2D eigenvalue weighted by molar-refractivity contribution is 6.09. The third-order valence-electron chi connectivity index (χ3n) is 7.55. The summed E-state index contributed by atoms with van der Waals surface area (Å²) in [6.07, 6.45) is 2.66. The van der Waals surface area contributed by atoms with Crippen LogP contribution in [0, 0.1) is 12.3 Å². The number of allylic oxidation sites excluding steroid dienone is 1. The van der Waals surface area contributed by atoms with Crippen molar-refractivity contribution in [2.75, 3.05) is 24.7 Å². The number of anilines is 2. The summed E-state index contributed by atoms with van der Waals surface area (Å²) in [6.45, 7) is 3.70. The van der Waals surface area contributed by atoms with Crippen LogP contribution >= 0.6 is 0 Å². The zero-order chi connectivity index (χ0) is 26.3. The Morgan fingerprint density at radius 1 is 1.24 bits per heavy atom. The van der Waals surface area contributed by atoms with Crippen LogP contribution in [-0.2, 0) is 18.2 Å². The average molecular weight is 508 g/mol. The van der Waals surface area contributed by atoms with Gasteiger partial charge in [0.05, 0.1) is 5.52 Å². The summed E-state index contributed by atoms with van der Waals surface area (Å²) < 4.78 is 35.7. The number of fused-ring (bicyclic) bond motifs is 2. The van der Waals surface area contributed by atoms with Crippen LogP contribution < -0.4 is 16.2 Å². The van der Waals surface area contributed by atoms with Gasteiger partial charge < -0.3 is 25.3 Å². The lowest BCUT2D eigenvalue weighted by Gasteiger charge is -2.33. The summed E-state index contributed by atoms with van der Waals surface area (Å²) in [5.41, 5.74) is 9.79. The van der Waals surface area contributed by atoms with E-state index in [-0.39, 0.29) is 28.2 Å². The minimum Gasteiger partial charge on any atom is -0.404 e. The predicted octanol–water partition coefficient (Wildman–Crippen LogP) is 5.11. The highest BCUT2D eigenvalue weighted by Gasteiger charge is 2.28. The van der Waals surface area contributed by atoms with Crippen molar-refractivity contribution in [3.8, 4) is 0 Å². The molecular formula is C28H31F2N5O2. The number of halogens is 2. The number of rotatable bonds is 5. The number of nitrogens with zero attached hydrogens (tertiary/aromatic N) is 3. The van der Waals surface area contributed by atoms with E-state index in [1.54, 1.807) is 24.6 Å². The van der Waals surface area contributed by atoms with Crippen molar-refractivity contribution >= 4 is 34.2 Å². The second-order valence-electron chi connectivity index (χ2n) is 9.77. The Bertz CT molecular complexity index is 1460. The SMILES string of the molecule is Cc1cc2c(N3CCCc4cc(/C(C=N)=C/N)c(C(F)F)cc43)nc(C3CCOCC3)cc2n(C)c1=O. The van der Waals surface area contributed by atoms with Gasteiger partial charge in [-0.2, -0.15) is 0 Å². The molecule has 9 heteroatoms. The van der Waals surface area contributed by atoms with Crippen molar-refractivity contribution in [1.82, 2.24) is 9.55 Å². The molecule has 0 saturated carbocycles. The molecule has 0 unspecified atom stereocenters. The van der Waals surface area contributed by atoms with E-state index in [0.717, 1.165) is 47.6 Å². The number of ether oxygens (including phenoxy) is 1. The molecule has 37 heavy (non-hydrogen) atoms. The Labute approximate surface area is 214 Å². The summed E-state index contributed by atoms with van der Waals surface area (Å²) >= 11 is 0. The van der Waals surface area contributed by atoms with Gasteiger partial charge in [0.25, 0.3) is 12.0 Å². The molecule has 1 fully saturated rings. The lowest BCUT2D eigenvalue weighted by Crippen LogP contribution is -2.28. The Hall–Kier alpha value is -3.59. The van der Waals surface area contributed by atoms with Gasteiger partial charge in [0.15, 0.2) is 0 Å². The van der Waals surface area contributed by atoms with Gasteiger partial charge in [0.1, 0.15) is 5.82 Å². The summed E-state index contributed by atoms with van der Waals surface area (Å²) in [5.74, 6) is 0.870. The first-order valence-corrected chi connectivity index (χ1v) is 12.6. The number of benzene rings is 1. The summed E-state index contributed by atoms with van der Waals surface area (Å²) in [6, 6.07) is 7.11. The molecule has 2 aromatic heterocycles. The van der Waals surface area contributed by atoms with Crippen LogP contribution in [0.3, 0.4) is 0 Å². The second kappa shape index (κ2) is 10.0. The summed E-state index contributed by atoms with van der Waals surface area (Å²) in [5, 5.41) is 8.46. The third kappa shape index (κ3) is 4.41. The van der Waals surface area contributed by atoms with E-state index in [9.17, 15) is 13.6 Å². The van der Waals surface area contributed by atoms with Crippen LogP contribution in [0.25, 0.3) is 16.5 Å². The summed E-state index contributed by atoms with van der Waals surface area (Å²) in [7, 11) is 1.76. The first-order chi connectivity index (χ1) is 17.8. The maximum atomic E-state index is 14.2. The molecule has 4 heterocycles. The van der Waals surface area contributed by atoms with Gasteiger partial charge >= 0.3 is 0 Å². The third-order valence-corrected chi connectivity index (χ3v) is 7.55. The van der Waals surface area contributed by atoms with E-state index in [4.69, 9.17) is 20.9 Å². The van der Waals surface area contributed by atoms with E-state index >= 15 is 0 Å². The minimum absolute atomic E-state index is 0.0704. The monoisotopic (exact) mass is 507 g/mol. The van der Waals surface area contributed by atoms with Crippen molar-refractivity contribution in [3.63, 3.8) is 0 Å². The molecule has 0 atom stereocenters. The molecule has 1 aromatic carbocycles. The van der Waals surface area contributed by atoms with Crippen LogP contribution in [0.2, 0.25) is 0 Å². The fraction of sp³-hybridized carbons (Fsp3) is 0.393. The van der Waals surface area contributed by atoms with Gasteiger partial charge in [-0.15, -0.1) is 0 Å². The molecular weight excluding hydrogens is 476 g/mol. The zero-order valence-corrected chi connectivity index (χ0v) is 21.1. The largest absolute Gasteiger partial charge is 0.404 e. The van der Waals surface area contributed by atoms with Gasteiger partial charge in [-0.3, -0.25) is 4.79 Å². The number of alkyl halides is 2. The first-order valence-electron chi connectivity index (χ1n) is 12.6. The minimum atomic E-state index is -2.74. The molecule has 5 rings (SSSR count). The maximum Gasteiger partial charge on any atom is 0.264 e. The normalized spacial score (nSPS) is 16.9. The van der Waals surface area contributed by atoms with E-state index in [0.29, 0.717) is 43.2 Å². The zero-order valence-electron chi connectivity index (χ0n) is 21.1. The van der Waals surface area contributed by atoms with Crippen molar-refractivity contribution in [2.24, 2.45) is 12.8 Å². The van der Waals surface area contributed by atoms with Gasteiger partial charge in [0.2, 0.25) is 0 Å². The second-order valence-corrected chi connectivity index (χ2v) is 9.77. The Morgan fingerprint density at radius 3 is 2.68 bits per heavy atom. The number of nitrogens with two attached hydrogens (primary N) is 1. The average Bonchev–Trinajstić information content (AvgIpc) is 2.92. The van der Waals surface area contributed by atoms with Crippen molar-refractivity contribution in [2.45, 2.75) is 45.0 Å². The topological polar surface area (TPSA) is 97.2 Å². The van der Waals surface area contributed by atoms with E-state index in [1.807, 2.05) is 17.0 Å². The number of pyridine rings is 2. The molecule has 3 N–H and O–H groups in total. The van der Waals surface area contributed by atoms with Crippen molar-refractivity contribution in [3.05, 3.63) is 68.8 Å². The fourth-order valence-electron chi connectivity index (χ4n) is 5.54. The highest BCUT2D eigenvalue weighted by Crippen LogP contribution is 2.42. The van der Waals surface area contributed by atoms with E-state index < -0.39 is 6.43 Å². The number of nitrogens with one attached hydrogen (secondary N) is 1. The van der Waals surface area contributed by atoms with Gasteiger partial charge in [-0.05, 0) is 68.0 Å². The van der Waals surface area contributed by atoms with E-state index in [2.05, 4.69) is 0 Å². The first kappa shape index (κ1) is 25.1. The Morgan fingerprint density at radius 2 is 2.00 bits per heavy atom. The standard InChI is InChI=1S/C28H31F2N5O2/c1-16-10-22-25(34(2)28(16)36)13-23(17-5-8-37-9-6-17)33-27(22)35-7-3-4-18-11-20(19(14-31)15-32)21(26(29)30)12-24(18)35/h10-15,17,26,31H,3-9,32H2,1-2H3/b19-15+,31-14?. The number of aromatic nitrogens is 2. The Kier molecular flexibility index (Phi) is 6.81. The quantitative estimate of drug-likeness (QED) is 0.468. The van der Waals surface area contributed by atoms with Crippen molar-refractivity contribution in [1.29, 1.82) is 5.41 Å².